The molecule has 110 valence electrons. The molecule has 1 aliphatic carbocycles. The lowest BCUT2D eigenvalue weighted by Crippen LogP contribution is -2.11. The van der Waals surface area contributed by atoms with Crippen LogP contribution in [-0.2, 0) is 19.3 Å². The van der Waals surface area contributed by atoms with E-state index >= 15 is 0 Å². The molecule has 1 aromatic carbocycles. The second-order valence-corrected chi connectivity index (χ2v) is 7.01. The zero-order chi connectivity index (χ0) is 14.8. The van der Waals surface area contributed by atoms with E-state index in [1.165, 1.54) is 22.4 Å². The van der Waals surface area contributed by atoms with E-state index in [2.05, 4.69) is 31.3 Å². The molecular formula is C18H21NOS. The third kappa shape index (κ3) is 3.03. The fourth-order valence-electron chi connectivity index (χ4n) is 2.95. The lowest BCUT2D eigenvalue weighted by atomic mass is 9.90. The third-order valence-electron chi connectivity index (χ3n) is 4.20. The number of carbonyl (C=O) groups excluding carboxylic acids is 1. The predicted octanol–water partition coefficient (Wildman–Crippen LogP) is 4.69. The van der Waals surface area contributed by atoms with Crippen molar-refractivity contribution in [2.24, 2.45) is 5.92 Å². The Morgan fingerprint density at radius 3 is 3.00 bits per heavy atom. The van der Waals surface area contributed by atoms with Crippen LogP contribution < -0.4 is 5.32 Å². The summed E-state index contributed by atoms with van der Waals surface area (Å²) in [6.07, 6.45) is 4.41. The van der Waals surface area contributed by atoms with Gasteiger partial charge in [0.25, 0.3) is 5.91 Å². The molecule has 3 heteroatoms. The van der Waals surface area contributed by atoms with E-state index in [1.54, 1.807) is 11.3 Å². The van der Waals surface area contributed by atoms with E-state index in [4.69, 9.17) is 0 Å². The normalized spacial score (nSPS) is 17.3. The number of aryl methyl sites for hydroxylation is 2. The predicted molar refractivity (Wildman–Crippen MR) is 89.3 cm³/mol. The zero-order valence-electron chi connectivity index (χ0n) is 12.6. The SMILES string of the molecule is CCc1ccccc1NC(=O)c1cc2c(s1)CC[C@H](C)C2. The average molecular weight is 299 g/mol. The highest BCUT2D eigenvalue weighted by molar-refractivity contribution is 7.14. The quantitative estimate of drug-likeness (QED) is 0.875. The lowest BCUT2D eigenvalue weighted by Gasteiger charge is -2.16. The van der Waals surface area contributed by atoms with Gasteiger partial charge in [-0.15, -0.1) is 11.3 Å². The van der Waals surface area contributed by atoms with Crippen LogP contribution in [0.25, 0.3) is 0 Å². The van der Waals surface area contributed by atoms with Crippen molar-refractivity contribution >= 4 is 22.9 Å². The van der Waals surface area contributed by atoms with Crippen molar-refractivity contribution < 1.29 is 4.79 Å². The number of anilines is 1. The molecule has 0 fully saturated rings. The van der Waals surface area contributed by atoms with Crippen LogP contribution in [0.2, 0.25) is 0 Å². The molecule has 21 heavy (non-hydrogen) atoms. The van der Waals surface area contributed by atoms with Crippen molar-refractivity contribution in [3.63, 3.8) is 0 Å². The lowest BCUT2D eigenvalue weighted by molar-refractivity contribution is 0.103. The molecular weight excluding hydrogens is 278 g/mol. The minimum Gasteiger partial charge on any atom is -0.321 e. The van der Waals surface area contributed by atoms with Crippen molar-refractivity contribution in [3.05, 3.63) is 51.2 Å². The van der Waals surface area contributed by atoms with E-state index in [1.807, 2.05) is 18.2 Å². The largest absolute Gasteiger partial charge is 0.321 e. The number of carbonyl (C=O) groups is 1. The Morgan fingerprint density at radius 1 is 1.38 bits per heavy atom. The van der Waals surface area contributed by atoms with Crippen molar-refractivity contribution in [2.45, 2.75) is 39.5 Å². The maximum Gasteiger partial charge on any atom is 0.265 e. The second-order valence-electron chi connectivity index (χ2n) is 5.87. The summed E-state index contributed by atoms with van der Waals surface area (Å²) >= 11 is 1.67. The van der Waals surface area contributed by atoms with Crippen LogP contribution in [0.3, 0.4) is 0 Å². The minimum absolute atomic E-state index is 0.0305. The van der Waals surface area contributed by atoms with E-state index in [0.717, 1.165) is 35.7 Å². The first kappa shape index (κ1) is 14.3. The molecule has 0 aliphatic heterocycles. The number of para-hydroxylation sites is 1. The van der Waals surface area contributed by atoms with E-state index in [0.29, 0.717) is 0 Å². The fraction of sp³-hybridized carbons (Fsp3) is 0.389. The summed E-state index contributed by atoms with van der Waals surface area (Å²) in [6.45, 7) is 4.40. The van der Waals surface area contributed by atoms with Crippen LogP contribution >= 0.6 is 11.3 Å². The van der Waals surface area contributed by atoms with Crippen molar-refractivity contribution in [1.29, 1.82) is 0 Å². The summed E-state index contributed by atoms with van der Waals surface area (Å²) in [5.74, 6) is 0.770. The van der Waals surface area contributed by atoms with Gasteiger partial charge in [-0.2, -0.15) is 0 Å². The number of fused-ring (bicyclic) bond motifs is 1. The minimum atomic E-state index is 0.0305. The van der Waals surface area contributed by atoms with Crippen molar-refractivity contribution in [2.75, 3.05) is 5.32 Å². The van der Waals surface area contributed by atoms with Gasteiger partial charge in [-0.05, 0) is 54.9 Å². The smallest absolute Gasteiger partial charge is 0.265 e. The maximum atomic E-state index is 12.5. The Kier molecular flexibility index (Phi) is 4.11. The zero-order valence-corrected chi connectivity index (χ0v) is 13.4. The highest BCUT2D eigenvalue weighted by atomic mass is 32.1. The van der Waals surface area contributed by atoms with E-state index in [-0.39, 0.29) is 5.91 Å². The Balaban J connectivity index is 1.80. The number of thiophene rings is 1. The van der Waals surface area contributed by atoms with Crippen LogP contribution in [0.5, 0.6) is 0 Å². The molecule has 3 rings (SSSR count). The summed E-state index contributed by atoms with van der Waals surface area (Å²) in [5, 5.41) is 3.07. The molecule has 0 saturated heterocycles. The number of rotatable bonds is 3. The van der Waals surface area contributed by atoms with Gasteiger partial charge in [0.2, 0.25) is 0 Å². The summed E-state index contributed by atoms with van der Waals surface area (Å²) < 4.78 is 0. The molecule has 1 N–H and O–H groups in total. The topological polar surface area (TPSA) is 29.1 Å². The first-order valence-electron chi connectivity index (χ1n) is 7.68. The monoisotopic (exact) mass is 299 g/mol. The van der Waals surface area contributed by atoms with Gasteiger partial charge in [0.15, 0.2) is 0 Å². The number of hydrogen-bond donors (Lipinski definition) is 1. The van der Waals surface area contributed by atoms with Gasteiger partial charge in [0.1, 0.15) is 0 Å². The first-order valence-corrected chi connectivity index (χ1v) is 8.50. The Hall–Kier alpha value is -1.61. The molecule has 0 saturated carbocycles. The summed E-state index contributed by atoms with van der Waals surface area (Å²) in [5.41, 5.74) is 3.50. The molecule has 0 spiro atoms. The number of hydrogen-bond acceptors (Lipinski definition) is 2. The van der Waals surface area contributed by atoms with Crippen molar-refractivity contribution in [3.8, 4) is 0 Å². The molecule has 0 bridgehead atoms. The maximum absolute atomic E-state index is 12.5. The van der Waals surface area contributed by atoms with Gasteiger partial charge >= 0.3 is 0 Å². The standard InChI is InChI=1S/C18H21NOS/c1-3-13-6-4-5-7-15(13)19-18(20)17-11-14-10-12(2)8-9-16(14)21-17/h4-7,11-12H,3,8-10H2,1-2H3,(H,19,20)/t12-/m0/s1. The Labute approximate surface area is 130 Å². The van der Waals surface area contributed by atoms with Crippen molar-refractivity contribution in [1.82, 2.24) is 0 Å². The number of amides is 1. The van der Waals surface area contributed by atoms with Gasteiger partial charge in [0.05, 0.1) is 4.88 Å². The summed E-state index contributed by atoms with van der Waals surface area (Å²) in [7, 11) is 0. The molecule has 1 aromatic heterocycles. The highest BCUT2D eigenvalue weighted by Crippen LogP contribution is 2.32. The second kappa shape index (κ2) is 6.02. The molecule has 2 nitrogen and oxygen atoms in total. The average Bonchev–Trinajstić information content (AvgIpc) is 2.91. The van der Waals surface area contributed by atoms with Crippen LogP contribution in [0.4, 0.5) is 5.69 Å². The molecule has 1 heterocycles. The molecule has 1 atom stereocenters. The van der Waals surface area contributed by atoms with E-state index < -0.39 is 0 Å². The Bertz CT molecular complexity index is 659. The van der Waals surface area contributed by atoms with Crippen LogP contribution in [-0.4, -0.2) is 5.91 Å². The highest BCUT2D eigenvalue weighted by Gasteiger charge is 2.20. The Morgan fingerprint density at radius 2 is 2.19 bits per heavy atom. The molecule has 1 aliphatic rings. The molecule has 0 radical (unpaired) electrons. The fourth-order valence-corrected chi connectivity index (χ4v) is 4.06. The van der Waals surface area contributed by atoms with Crippen LogP contribution in [0.15, 0.2) is 30.3 Å². The van der Waals surface area contributed by atoms with Gasteiger partial charge < -0.3 is 5.32 Å². The summed E-state index contributed by atoms with van der Waals surface area (Å²) in [4.78, 5) is 14.7. The van der Waals surface area contributed by atoms with Gasteiger partial charge in [-0.1, -0.05) is 32.0 Å². The van der Waals surface area contributed by atoms with Crippen LogP contribution in [0, 0.1) is 5.92 Å². The molecule has 2 aromatic rings. The van der Waals surface area contributed by atoms with Gasteiger partial charge in [-0.3, -0.25) is 4.79 Å². The van der Waals surface area contributed by atoms with Crippen LogP contribution in [0.1, 0.15) is 45.9 Å². The summed E-state index contributed by atoms with van der Waals surface area (Å²) in [6, 6.07) is 10.1. The van der Waals surface area contributed by atoms with Gasteiger partial charge in [0, 0.05) is 10.6 Å². The first-order chi connectivity index (χ1) is 10.2. The number of nitrogens with one attached hydrogen (secondary N) is 1. The van der Waals surface area contributed by atoms with E-state index in [9.17, 15) is 4.79 Å². The van der Waals surface area contributed by atoms with Gasteiger partial charge in [-0.25, -0.2) is 0 Å². The number of benzene rings is 1. The molecule has 1 amide bonds. The third-order valence-corrected chi connectivity index (χ3v) is 5.44. The molecule has 0 unspecified atom stereocenters.